The highest BCUT2D eigenvalue weighted by molar-refractivity contribution is 5.92. The predicted molar refractivity (Wildman–Crippen MR) is 107 cm³/mol. The molecule has 3 heterocycles. The number of ether oxygens (including phenoxy) is 2. The number of aryl methyl sites for hydroxylation is 1. The molecule has 1 N–H and O–H groups in total. The first-order chi connectivity index (χ1) is 14.8. The summed E-state index contributed by atoms with van der Waals surface area (Å²) in [4.78, 5) is 21.7. The van der Waals surface area contributed by atoms with Crippen molar-refractivity contribution in [3.8, 4) is 11.5 Å². The zero-order valence-corrected chi connectivity index (χ0v) is 16.8. The molecule has 1 amide bonds. The number of fused-ring (bicyclic) bond motifs is 1. The predicted octanol–water partition coefficient (Wildman–Crippen LogP) is 3.33. The number of hydrogen-bond donors (Lipinski definition) is 1. The number of amides is 1. The summed E-state index contributed by atoms with van der Waals surface area (Å²) < 4.78 is 49.6. The van der Waals surface area contributed by atoms with Crippen LogP contribution in [0.1, 0.15) is 29.9 Å². The van der Waals surface area contributed by atoms with Crippen LogP contribution in [-0.4, -0.2) is 41.8 Å². The van der Waals surface area contributed by atoms with Crippen molar-refractivity contribution in [2.24, 2.45) is 0 Å². The van der Waals surface area contributed by atoms with Gasteiger partial charge in [0, 0.05) is 31.3 Å². The van der Waals surface area contributed by atoms with Crippen LogP contribution in [0.2, 0.25) is 0 Å². The van der Waals surface area contributed by atoms with Crippen molar-refractivity contribution in [1.82, 2.24) is 15.3 Å². The Morgan fingerprint density at radius 2 is 1.90 bits per heavy atom. The van der Waals surface area contributed by atoms with Gasteiger partial charge in [-0.2, -0.15) is 13.2 Å². The molecule has 2 aliphatic rings. The Balaban J connectivity index is 1.31. The molecule has 0 unspecified atom stereocenters. The first-order valence-corrected chi connectivity index (χ1v) is 9.84. The van der Waals surface area contributed by atoms with Gasteiger partial charge in [-0.3, -0.25) is 4.79 Å². The van der Waals surface area contributed by atoms with E-state index < -0.39 is 11.9 Å². The standard InChI is InChI=1S/C21H21F3N4O3/c1-13-25-18(21(22,23)24)11-19(26-13)28-8-6-15(7-9-28)27-20(29)5-3-14-2-4-16-17(10-14)31-12-30-16/h2-5,10-11,15H,6-9,12H2,1H3,(H,27,29). The fourth-order valence-corrected chi connectivity index (χ4v) is 3.55. The molecule has 0 saturated carbocycles. The summed E-state index contributed by atoms with van der Waals surface area (Å²) in [5, 5.41) is 2.94. The molecule has 164 valence electrons. The second-order valence-corrected chi connectivity index (χ2v) is 7.37. The van der Waals surface area contributed by atoms with E-state index in [4.69, 9.17) is 9.47 Å². The lowest BCUT2D eigenvalue weighted by Gasteiger charge is -2.33. The van der Waals surface area contributed by atoms with Gasteiger partial charge in [-0.05, 0) is 43.5 Å². The fourth-order valence-electron chi connectivity index (χ4n) is 3.55. The first kappa shape index (κ1) is 21.0. The minimum absolute atomic E-state index is 0.0600. The summed E-state index contributed by atoms with van der Waals surface area (Å²) in [5.74, 6) is 1.42. The van der Waals surface area contributed by atoms with Gasteiger partial charge in [0.1, 0.15) is 17.3 Å². The van der Waals surface area contributed by atoms with Gasteiger partial charge in [-0.1, -0.05) is 6.07 Å². The molecule has 0 radical (unpaired) electrons. The molecule has 2 aliphatic heterocycles. The third-order valence-corrected chi connectivity index (χ3v) is 5.10. The maximum atomic E-state index is 13.0. The number of halogens is 3. The van der Waals surface area contributed by atoms with Crippen LogP contribution in [-0.2, 0) is 11.0 Å². The molecule has 1 saturated heterocycles. The number of anilines is 1. The number of alkyl halides is 3. The number of nitrogens with zero attached hydrogens (tertiary/aromatic N) is 3. The van der Waals surface area contributed by atoms with Crippen LogP contribution in [0.5, 0.6) is 11.5 Å². The van der Waals surface area contributed by atoms with Gasteiger partial charge in [0.2, 0.25) is 12.7 Å². The van der Waals surface area contributed by atoms with E-state index in [1.807, 2.05) is 6.07 Å². The third-order valence-electron chi connectivity index (χ3n) is 5.10. The second kappa shape index (κ2) is 8.44. The lowest BCUT2D eigenvalue weighted by Crippen LogP contribution is -2.44. The summed E-state index contributed by atoms with van der Waals surface area (Å²) >= 11 is 0. The lowest BCUT2D eigenvalue weighted by molar-refractivity contribution is -0.141. The van der Waals surface area contributed by atoms with Crippen LogP contribution in [0.15, 0.2) is 30.3 Å². The van der Waals surface area contributed by atoms with Crippen molar-refractivity contribution in [1.29, 1.82) is 0 Å². The quantitative estimate of drug-likeness (QED) is 0.744. The molecule has 0 spiro atoms. The maximum Gasteiger partial charge on any atom is 0.433 e. The van der Waals surface area contributed by atoms with Crippen LogP contribution < -0.4 is 19.7 Å². The molecule has 1 fully saturated rings. The highest BCUT2D eigenvalue weighted by atomic mass is 19.4. The van der Waals surface area contributed by atoms with Crippen molar-refractivity contribution >= 4 is 17.8 Å². The molecule has 31 heavy (non-hydrogen) atoms. The van der Waals surface area contributed by atoms with E-state index in [0.717, 1.165) is 11.6 Å². The van der Waals surface area contributed by atoms with Crippen molar-refractivity contribution in [2.75, 3.05) is 24.8 Å². The number of piperidine rings is 1. The second-order valence-electron chi connectivity index (χ2n) is 7.37. The smallest absolute Gasteiger partial charge is 0.433 e. The normalized spacial score (nSPS) is 16.7. The van der Waals surface area contributed by atoms with Crippen LogP contribution in [0.25, 0.3) is 6.08 Å². The maximum absolute atomic E-state index is 13.0. The number of rotatable bonds is 4. The Hall–Kier alpha value is -3.30. The van der Waals surface area contributed by atoms with Gasteiger partial charge in [0.25, 0.3) is 0 Å². The summed E-state index contributed by atoms with van der Waals surface area (Å²) in [5.41, 5.74) is -0.132. The van der Waals surface area contributed by atoms with Crippen molar-refractivity contribution in [3.05, 3.63) is 47.4 Å². The van der Waals surface area contributed by atoms with Crippen molar-refractivity contribution < 1.29 is 27.4 Å². The highest BCUT2D eigenvalue weighted by Crippen LogP contribution is 2.33. The molecule has 0 aliphatic carbocycles. The number of hydrogen-bond acceptors (Lipinski definition) is 6. The molecule has 7 nitrogen and oxygen atoms in total. The van der Waals surface area contributed by atoms with E-state index >= 15 is 0 Å². The van der Waals surface area contributed by atoms with E-state index in [1.54, 1.807) is 23.1 Å². The summed E-state index contributed by atoms with van der Waals surface area (Å²) in [6, 6.07) is 6.32. The number of nitrogens with one attached hydrogen (secondary N) is 1. The largest absolute Gasteiger partial charge is 0.454 e. The molecule has 4 rings (SSSR count). The van der Waals surface area contributed by atoms with E-state index in [-0.39, 0.29) is 30.4 Å². The Bertz CT molecular complexity index is 1000. The third kappa shape index (κ3) is 5.07. The topological polar surface area (TPSA) is 76.6 Å². The molecule has 2 aromatic rings. The van der Waals surface area contributed by atoms with Crippen LogP contribution in [0, 0.1) is 6.92 Å². The Labute approximate surface area is 176 Å². The Kier molecular flexibility index (Phi) is 5.71. The average molecular weight is 434 g/mol. The van der Waals surface area contributed by atoms with E-state index in [1.165, 1.54) is 13.0 Å². The average Bonchev–Trinajstić information content (AvgIpc) is 3.19. The van der Waals surface area contributed by atoms with Crippen LogP contribution in [0.4, 0.5) is 19.0 Å². The molecule has 1 aromatic carbocycles. The van der Waals surface area contributed by atoms with Crippen molar-refractivity contribution in [3.63, 3.8) is 0 Å². The number of carbonyl (C=O) groups excluding carboxylic acids is 1. The molecule has 1 aromatic heterocycles. The fraction of sp³-hybridized carbons (Fsp3) is 0.381. The van der Waals surface area contributed by atoms with Crippen molar-refractivity contribution in [2.45, 2.75) is 32.0 Å². The SMILES string of the molecule is Cc1nc(N2CCC(NC(=O)C=Cc3ccc4c(c3)OCO4)CC2)cc(C(F)(F)F)n1. The number of aromatic nitrogens is 2. The highest BCUT2D eigenvalue weighted by Gasteiger charge is 2.34. The molecule has 10 heteroatoms. The summed E-state index contributed by atoms with van der Waals surface area (Å²) in [6.07, 6.45) is -0.164. The minimum atomic E-state index is -4.51. The molecular formula is C21H21F3N4O3. The Morgan fingerprint density at radius 3 is 2.65 bits per heavy atom. The van der Waals surface area contributed by atoms with Gasteiger partial charge in [0.05, 0.1) is 0 Å². The van der Waals surface area contributed by atoms with Gasteiger partial charge >= 0.3 is 6.18 Å². The summed E-state index contributed by atoms with van der Waals surface area (Å²) in [6.45, 7) is 2.61. The lowest BCUT2D eigenvalue weighted by atomic mass is 10.0. The molecule has 0 bridgehead atoms. The van der Waals surface area contributed by atoms with Crippen LogP contribution >= 0.6 is 0 Å². The van der Waals surface area contributed by atoms with E-state index in [9.17, 15) is 18.0 Å². The van der Waals surface area contributed by atoms with Gasteiger partial charge in [-0.25, -0.2) is 9.97 Å². The number of benzene rings is 1. The minimum Gasteiger partial charge on any atom is -0.454 e. The monoisotopic (exact) mass is 434 g/mol. The number of carbonyl (C=O) groups is 1. The van der Waals surface area contributed by atoms with Gasteiger partial charge in [0.15, 0.2) is 11.5 Å². The van der Waals surface area contributed by atoms with Gasteiger partial charge in [-0.15, -0.1) is 0 Å². The first-order valence-electron chi connectivity index (χ1n) is 9.84. The molecular weight excluding hydrogens is 413 g/mol. The van der Waals surface area contributed by atoms with Gasteiger partial charge < -0.3 is 19.7 Å². The van der Waals surface area contributed by atoms with E-state index in [0.29, 0.717) is 37.4 Å². The zero-order valence-electron chi connectivity index (χ0n) is 16.8. The Morgan fingerprint density at radius 1 is 1.16 bits per heavy atom. The van der Waals surface area contributed by atoms with E-state index in [2.05, 4.69) is 15.3 Å². The van der Waals surface area contributed by atoms with Crippen LogP contribution in [0.3, 0.4) is 0 Å². The molecule has 0 atom stereocenters. The zero-order chi connectivity index (χ0) is 22.0. The summed E-state index contributed by atoms with van der Waals surface area (Å²) in [7, 11) is 0.